The molecule has 0 saturated heterocycles. The lowest BCUT2D eigenvalue weighted by molar-refractivity contribution is -0.119. The van der Waals surface area contributed by atoms with E-state index >= 15 is 0 Å². The molecule has 0 aliphatic rings. The van der Waals surface area contributed by atoms with Gasteiger partial charge in [0.05, 0.1) is 10.4 Å². The highest BCUT2D eigenvalue weighted by Crippen LogP contribution is 2.21. The maximum atomic E-state index is 12.1. The molecule has 1 aromatic carbocycles. The first kappa shape index (κ1) is 16.8. The van der Waals surface area contributed by atoms with Crippen molar-refractivity contribution in [1.82, 2.24) is 15.5 Å². The second-order valence-corrected chi connectivity index (χ2v) is 6.12. The molecule has 0 radical (unpaired) electrons. The molecule has 0 saturated carbocycles. The summed E-state index contributed by atoms with van der Waals surface area (Å²) in [7, 11) is 0. The number of benzene rings is 1. The number of hydrogen-bond donors (Lipinski definition) is 1. The summed E-state index contributed by atoms with van der Waals surface area (Å²) < 4.78 is 10.3. The summed E-state index contributed by atoms with van der Waals surface area (Å²) in [6.45, 7) is 1.77. The topological polar surface area (TPSA) is 94.3 Å². The third-order valence-corrected chi connectivity index (χ3v) is 4.13. The Morgan fingerprint density at radius 2 is 2.04 bits per heavy atom. The molecule has 1 N–H and O–H groups in total. The van der Waals surface area contributed by atoms with Gasteiger partial charge in [-0.1, -0.05) is 23.4 Å². The van der Waals surface area contributed by atoms with Gasteiger partial charge in [0.1, 0.15) is 0 Å². The van der Waals surface area contributed by atoms with Crippen molar-refractivity contribution in [2.75, 3.05) is 0 Å². The van der Waals surface area contributed by atoms with E-state index < -0.39 is 5.97 Å². The van der Waals surface area contributed by atoms with E-state index in [1.54, 1.807) is 24.3 Å². The van der Waals surface area contributed by atoms with E-state index in [0.29, 0.717) is 17.9 Å². The molecular weight excluding hydrogens is 342 g/mol. The summed E-state index contributed by atoms with van der Waals surface area (Å²) >= 11 is 1.50. The number of nitrogens with zero attached hydrogens (tertiary/aromatic N) is 2. The van der Waals surface area contributed by atoms with Crippen molar-refractivity contribution in [2.24, 2.45) is 0 Å². The van der Waals surface area contributed by atoms with Crippen molar-refractivity contribution in [3.63, 3.8) is 0 Å². The monoisotopic (exact) mass is 357 g/mol. The van der Waals surface area contributed by atoms with Crippen molar-refractivity contribution >= 4 is 23.2 Å². The first-order valence-corrected chi connectivity index (χ1v) is 8.37. The molecule has 8 heteroatoms. The second-order valence-electron chi connectivity index (χ2n) is 5.17. The number of carbonyl (C=O) groups is 2. The third kappa shape index (κ3) is 4.51. The van der Waals surface area contributed by atoms with Gasteiger partial charge in [-0.05, 0) is 29.1 Å². The summed E-state index contributed by atoms with van der Waals surface area (Å²) in [4.78, 5) is 28.0. The summed E-state index contributed by atoms with van der Waals surface area (Å²) in [6.07, 6.45) is 0. The number of nitrogens with one attached hydrogen (secondary N) is 1. The predicted octanol–water partition coefficient (Wildman–Crippen LogP) is 2.79. The Hall–Kier alpha value is -3.00. The summed E-state index contributed by atoms with van der Waals surface area (Å²) in [5.74, 6) is 0.120. The Labute approximate surface area is 147 Å². The number of thiophene rings is 1. The number of rotatable bonds is 6. The number of aromatic nitrogens is 2. The highest BCUT2D eigenvalue weighted by Gasteiger charge is 2.13. The van der Waals surface area contributed by atoms with Gasteiger partial charge >= 0.3 is 5.97 Å². The molecule has 0 atom stereocenters. The van der Waals surface area contributed by atoms with Crippen molar-refractivity contribution < 1.29 is 18.8 Å². The fourth-order valence-corrected chi connectivity index (χ4v) is 2.66. The number of ether oxygens (including phenoxy) is 1. The first-order valence-electron chi connectivity index (χ1n) is 7.49. The number of carbonyl (C=O) groups excluding carboxylic acids is 2. The fourth-order valence-electron chi connectivity index (χ4n) is 2.02. The third-order valence-electron chi connectivity index (χ3n) is 3.27. The van der Waals surface area contributed by atoms with Crippen LogP contribution in [-0.2, 0) is 22.7 Å². The molecule has 0 aliphatic heterocycles. The van der Waals surface area contributed by atoms with Gasteiger partial charge in [0.15, 0.2) is 6.61 Å². The number of esters is 1. The minimum absolute atomic E-state index is 0.0924. The van der Waals surface area contributed by atoms with E-state index in [1.165, 1.54) is 18.3 Å². The van der Waals surface area contributed by atoms with Crippen LogP contribution in [0.3, 0.4) is 0 Å². The molecule has 0 spiro atoms. The predicted molar refractivity (Wildman–Crippen MR) is 90.7 cm³/mol. The minimum atomic E-state index is -0.484. The molecule has 0 bridgehead atoms. The van der Waals surface area contributed by atoms with Crippen LogP contribution in [0.4, 0.5) is 0 Å². The van der Waals surface area contributed by atoms with Crippen LogP contribution in [0, 0.1) is 0 Å². The van der Waals surface area contributed by atoms with Crippen LogP contribution in [-0.4, -0.2) is 22.0 Å². The van der Waals surface area contributed by atoms with Crippen molar-refractivity contribution in [3.05, 3.63) is 58.8 Å². The minimum Gasteiger partial charge on any atom is -0.452 e. The molecule has 2 aromatic heterocycles. The van der Waals surface area contributed by atoms with Crippen LogP contribution < -0.4 is 5.32 Å². The molecule has 2 heterocycles. The van der Waals surface area contributed by atoms with Crippen LogP contribution in [0.1, 0.15) is 28.7 Å². The summed E-state index contributed by atoms with van der Waals surface area (Å²) in [5, 5.41) is 8.46. The van der Waals surface area contributed by atoms with Gasteiger partial charge in [-0.25, -0.2) is 4.79 Å². The Balaban J connectivity index is 1.54. The van der Waals surface area contributed by atoms with E-state index in [-0.39, 0.29) is 18.4 Å². The molecule has 25 heavy (non-hydrogen) atoms. The average Bonchev–Trinajstić information content (AvgIpc) is 3.29. The van der Waals surface area contributed by atoms with Gasteiger partial charge in [0, 0.05) is 13.5 Å². The fraction of sp³-hybridized carbons (Fsp3) is 0.176. The van der Waals surface area contributed by atoms with Crippen molar-refractivity contribution in [3.8, 4) is 10.7 Å². The van der Waals surface area contributed by atoms with E-state index in [4.69, 9.17) is 9.26 Å². The van der Waals surface area contributed by atoms with Crippen molar-refractivity contribution in [1.29, 1.82) is 0 Å². The maximum absolute atomic E-state index is 12.1. The van der Waals surface area contributed by atoms with Crippen LogP contribution in [0.15, 0.2) is 46.3 Å². The lowest BCUT2D eigenvalue weighted by atomic mass is 10.1. The summed E-state index contributed by atoms with van der Waals surface area (Å²) in [5.41, 5.74) is 1.30. The smallest absolute Gasteiger partial charge is 0.338 e. The normalized spacial score (nSPS) is 10.4. The van der Waals surface area contributed by atoms with E-state index in [1.807, 2.05) is 17.5 Å². The molecule has 7 nitrogen and oxygen atoms in total. The molecule has 3 rings (SSSR count). The van der Waals surface area contributed by atoms with E-state index in [2.05, 4.69) is 15.5 Å². The maximum Gasteiger partial charge on any atom is 0.338 e. The van der Waals surface area contributed by atoms with Gasteiger partial charge in [-0.3, -0.25) is 4.79 Å². The molecule has 0 fully saturated rings. The van der Waals surface area contributed by atoms with Gasteiger partial charge < -0.3 is 14.6 Å². The Kier molecular flexibility index (Phi) is 5.20. The second kappa shape index (κ2) is 7.71. The lowest BCUT2D eigenvalue weighted by Crippen LogP contribution is -2.18. The molecule has 1 amide bonds. The van der Waals surface area contributed by atoms with Crippen LogP contribution >= 0.6 is 11.3 Å². The standard InChI is InChI=1S/C17H15N3O4S/c1-11(21)18-9-12-4-6-13(7-5-12)17(22)23-10-15-19-16(20-24-15)14-3-2-8-25-14/h2-8H,9-10H2,1H3,(H,18,21). The number of amides is 1. The zero-order chi connectivity index (χ0) is 17.6. The molecule has 128 valence electrons. The van der Waals surface area contributed by atoms with Gasteiger partial charge in [0.25, 0.3) is 5.89 Å². The van der Waals surface area contributed by atoms with Gasteiger partial charge in [-0.2, -0.15) is 4.98 Å². The lowest BCUT2D eigenvalue weighted by Gasteiger charge is -2.05. The zero-order valence-electron chi connectivity index (χ0n) is 13.4. The molecule has 0 unspecified atom stereocenters. The van der Waals surface area contributed by atoms with Crippen molar-refractivity contribution in [2.45, 2.75) is 20.1 Å². The molecular formula is C17H15N3O4S. The SMILES string of the molecule is CC(=O)NCc1ccc(C(=O)OCc2nc(-c3cccs3)no2)cc1. The van der Waals surface area contributed by atoms with Crippen LogP contribution in [0.25, 0.3) is 10.7 Å². The van der Waals surface area contributed by atoms with E-state index in [0.717, 1.165) is 10.4 Å². The zero-order valence-corrected chi connectivity index (χ0v) is 14.2. The van der Waals surface area contributed by atoms with Gasteiger partial charge in [0.2, 0.25) is 11.7 Å². The number of hydrogen-bond acceptors (Lipinski definition) is 7. The quantitative estimate of drug-likeness (QED) is 0.682. The van der Waals surface area contributed by atoms with Gasteiger partial charge in [-0.15, -0.1) is 11.3 Å². The highest BCUT2D eigenvalue weighted by atomic mass is 32.1. The first-order chi connectivity index (χ1) is 12.1. The van der Waals surface area contributed by atoms with Crippen LogP contribution in [0.5, 0.6) is 0 Å². The average molecular weight is 357 g/mol. The Morgan fingerprint density at radius 1 is 1.24 bits per heavy atom. The van der Waals surface area contributed by atoms with Crippen LogP contribution in [0.2, 0.25) is 0 Å². The Morgan fingerprint density at radius 3 is 2.72 bits per heavy atom. The highest BCUT2D eigenvalue weighted by molar-refractivity contribution is 7.13. The molecule has 0 aliphatic carbocycles. The van der Waals surface area contributed by atoms with E-state index in [9.17, 15) is 9.59 Å². The molecule has 3 aromatic rings. The largest absolute Gasteiger partial charge is 0.452 e. The summed E-state index contributed by atoms with van der Waals surface area (Å²) in [6, 6.07) is 10.6. The Bertz CT molecular complexity index is 856.